The summed E-state index contributed by atoms with van der Waals surface area (Å²) >= 11 is 0. The second kappa shape index (κ2) is 3.74. The van der Waals surface area contributed by atoms with Crippen LogP contribution in [0.3, 0.4) is 0 Å². The topological polar surface area (TPSA) is 20.2 Å². The summed E-state index contributed by atoms with van der Waals surface area (Å²) in [7, 11) is 0. The number of hydrogen-bond acceptors (Lipinski definition) is 1. The van der Waals surface area contributed by atoms with Gasteiger partial charge in [-0.2, -0.15) is 0 Å². The van der Waals surface area contributed by atoms with Crippen molar-refractivity contribution in [1.82, 2.24) is 0 Å². The molecule has 1 N–H and O–H groups in total. The average Bonchev–Trinajstić information content (AvgIpc) is 1.97. The highest BCUT2D eigenvalue weighted by atomic mass is 16.3. The van der Waals surface area contributed by atoms with E-state index >= 15 is 0 Å². The molecule has 0 saturated heterocycles. The molecule has 0 radical (unpaired) electrons. The molecule has 1 aromatic rings. The third kappa shape index (κ3) is 2.85. The van der Waals surface area contributed by atoms with Crippen LogP contribution in [0.5, 0.6) is 0 Å². The lowest BCUT2D eigenvalue weighted by Crippen LogP contribution is -2.22. The maximum Gasteiger partial charge on any atom is 0.0632 e. The Morgan fingerprint density at radius 1 is 1.00 bits per heavy atom. The van der Waals surface area contributed by atoms with Gasteiger partial charge in [0.15, 0.2) is 0 Å². The Morgan fingerprint density at radius 2 is 1.50 bits per heavy atom. The van der Waals surface area contributed by atoms with Gasteiger partial charge in [-0.3, -0.25) is 0 Å². The van der Waals surface area contributed by atoms with E-state index in [2.05, 4.69) is 32.9 Å². The van der Waals surface area contributed by atoms with Crippen LogP contribution in [-0.2, 0) is 6.42 Å². The number of hydrogen-bond donors (Lipinski definition) is 1. The van der Waals surface area contributed by atoms with E-state index in [0.29, 0.717) is 0 Å². The molecule has 1 aromatic carbocycles. The highest BCUT2D eigenvalue weighted by molar-refractivity contribution is 5.37. The first kappa shape index (κ1) is 11.3. The van der Waals surface area contributed by atoms with Gasteiger partial charge >= 0.3 is 0 Å². The quantitative estimate of drug-likeness (QED) is 0.764. The summed E-state index contributed by atoms with van der Waals surface area (Å²) in [6.45, 7) is 10.0. The van der Waals surface area contributed by atoms with Crippen molar-refractivity contribution >= 4 is 0 Å². The van der Waals surface area contributed by atoms with Crippen molar-refractivity contribution in [2.45, 2.75) is 46.6 Å². The molecule has 1 heteroatoms. The lowest BCUT2D eigenvalue weighted by molar-refractivity contribution is 0.0808. The van der Waals surface area contributed by atoms with Gasteiger partial charge in [0, 0.05) is 6.42 Å². The predicted molar refractivity (Wildman–Crippen MR) is 60.7 cm³/mol. The van der Waals surface area contributed by atoms with Crippen LogP contribution in [0.4, 0.5) is 0 Å². The van der Waals surface area contributed by atoms with E-state index in [1.165, 1.54) is 22.3 Å². The van der Waals surface area contributed by atoms with Crippen molar-refractivity contribution in [2.24, 2.45) is 0 Å². The van der Waals surface area contributed by atoms with Crippen LogP contribution in [-0.4, -0.2) is 10.7 Å². The Morgan fingerprint density at radius 3 is 2.00 bits per heavy atom. The maximum atomic E-state index is 9.76. The minimum absolute atomic E-state index is 0.619. The Balaban J connectivity index is 3.04. The lowest BCUT2D eigenvalue weighted by atomic mass is 9.92. The van der Waals surface area contributed by atoms with E-state index in [4.69, 9.17) is 0 Å². The molecule has 0 bridgehead atoms. The van der Waals surface area contributed by atoms with Crippen LogP contribution < -0.4 is 0 Å². The Hall–Kier alpha value is -0.820. The van der Waals surface area contributed by atoms with Gasteiger partial charge in [0.1, 0.15) is 0 Å². The number of benzene rings is 1. The summed E-state index contributed by atoms with van der Waals surface area (Å²) in [5.74, 6) is 0. The zero-order valence-corrected chi connectivity index (χ0v) is 9.81. The van der Waals surface area contributed by atoms with E-state index in [0.717, 1.165) is 6.42 Å². The van der Waals surface area contributed by atoms with Crippen molar-refractivity contribution in [1.29, 1.82) is 0 Å². The summed E-state index contributed by atoms with van der Waals surface area (Å²) in [5.41, 5.74) is 4.53. The molecular formula is C13H20O. The molecule has 0 unspecified atom stereocenters. The van der Waals surface area contributed by atoms with Gasteiger partial charge in [0.25, 0.3) is 0 Å². The molecule has 0 heterocycles. The van der Waals surface area contributed by atoms with Gasteiger partial charge < -0.3 is 5.11 Å². The first-order valence-corrected chi connectivity index (χ1v) is 5.09. The van der Waals surface area contributed by atoms with Gasteiger partial charge in [0.2, 0.25) is 0 Å². The molecule has 0 aliphatic carbocycles. The van der Waals surface area contributed by atoms with Gasteiger partial charge in [-0.1, -0.05) is 12.1 Å². The normalized spacial score (nSPS) is 11.9. The van der Waals surface area contributed by atoms with Gasteiger partial charge in [0.05, 0.1) is 5.60 Å². The third-order valence-corrected chi connectivity index (χ3v) is 2.58. The predicted octanol–water partition coefficient (Wildman–Crippen LogP) is 2.93. The third-order valence-electron chi connectivity index (χ3n) is 2.58. The highest BCUT2D eigenvalue weighted by Gasteiger charge is 2.15. The van der Waals surface area contributed by atoms with Crippen LogP contribution in [0, 0.1) is 20.8 Å². The van der Waals surface area contributed by atoms with E-state index in [1.54, 1.807) is 0 Å². The van der Waals surface area contributed by atoms with Crippen molar-refractivity contribution in [2.75, 3.05) is 0 Å². The summed E-state index contributed by atoms with van der Waals surface area (Å²) < 4.78 is 0. The minimum Gasteiger partial charge on any atom is -0.390 e. The van der Waals surface area contributed by atoms with Crippen molar-refractivity contribution in [3.05, 3.63) is 34.4 Å². The monoisotopic (exact) mass is 192 g/mol. The number of aryl methyl sites for hydroxylation is 3. The van der Waals surface area contributed by atoms with E-state index in [-0.39, 0.29) is 0 Å². The fourth-order valence-electron chi connectivity index (χ4n) is 1.68. The molecule has 0 saturated carbocycles. The molecule has 78 valence electrons. The van der Waals surface area contributed by atoms with Crippen LogP contribution >= 0.6 is 0 Å². The molecule has 0 amide bonds. The Bertz CT molecular complexity index is 332. The van der Waals surface area contributed by atoms with Crippen molar-refractivity contribution in [3.63, 3.8) is 0 Å². The zero-order chi connectivity index (χ0) is 10.9. The van der Waals surface area contributed by atoms with Gasteiger partial charge in [-0.15, -0.1) is 0 Å². The fraction of sp³-hybridized carbons (Fsp3) is 0.538. The summed E-state index contributed by atoms with van der Waals surface area (Å²) in [5, 5.41) is 9.76. The van der Waals surface area contributed by atoms with Gasteiger partial charge in [-0.25, -0.2) is 0 Å². The zero-order valence-electron chi connectivity index (χ0n) is 9.81. The molecule has 14 heavy (non-hydrogen) atoms. The molecule has 0 aliphatic heterocycles. The van der Waals surface area contributed by atoms with E-state index in [1.807, 2.05) is 13.8 Å². The first-order valence-electron chi connectivity index (χ1n) is 5.09. The molecule has 0 fully saturated rings. The SMILES string of the molecule is Cc1cc(C)c(CC(C)(C)O)cc1C. The van der Waals surface area contributed by atoms with E-state index in [9.17, 15) is 5.11 Å². The Labute approximate surface area is 86.8 Å². The van der Waals surface area contributed by atoms with Crippen molar-refractivity contribution in [3.8, 4) is 0 Å². The van der Waals surface area contributed by atoms with E-state index < -0.39 is 5.60 Å². The van der Waals surface area contributed by atoms with Crippen molar-refractivity contribution < 1.29 is 5.11 Å². The first-order chi connectivity index (χ1) is 6.29. The summed E-state index contributed by atoms with van der Waals surface area (Å²) in [6.07, 6.45) is 0.722. The molecule has 0 spiro atoms. The summed E-state index contributed by atoms with van der Waals surface area (Å²) in [4.78, 5) is 0. The Kier molecular flexibility index (Phi) is 3.01. The summed E-state index contributed by atoms with van der Waals surface area (Å²) in [6, 6.07) is 4.37. The lowest BCUT2D eigenvalue weighted by Gasteiger charge is -2.19. The molecule has 0 atom stereocenters. The molecule has 1 nitrogen and oxygen atoms in total. The largest absolute Gasteiger partial charge is 0.390 e. The molecule has 1 rings (SSSR count). The van der Waals surface area contributed by atoms with Gasteiger partial charge in [-0.05, 0) is 56.9 Å². The smallest absolute Gasteiger partial charge is 0.0632 e. The highest BCUT2D eigenvalue weighted by Crippen LogP contribution is 2.20. The standard InChI is InChI=1S/C13H20O/c1-9-6-11(3)12(7-10(9)2)8-13(4,5)14/h6-7,14H,8H2,1-5H3. The molecule has 0 aliphatic rings. The molecule has 0 aromatic heterocycles. The fourth-order valence-corrected chi connectivity index (χ4v) is 1.68. The van der Waals surface area contributed by atoms with Crippen LogP contribution in [0.2, 0.25) is 0 Å². The van der Waals surface area contributed by atoms with Crippen LogP contribution in [0.15, 0.2) is 12.1 Å². The maximum absolute atomic E-state index is 9.76. The molecular weight excluding hydrogens is 172 g/mol. The average molecular weight is 192 g/mol. The number of rotatable bonds is 2. The second-order valence-electron chi connectivity index (χ2n) is 4.85. The number of aliphatic hydroxyl groups is 1. The van der Waals surface area contributed by atoms with Crippen LogP contribution in [0.25, 0.3) is 0 Å². The second-order valence-corrected chi connectivity index (χ2v) is 4.85. The van der Waals surface area contributed by atoms with Crippen LogP contribution in [0.1, 0.15) is 36.1 Å². The minimum atomic E-state index is -0.619.